The Morgan fingerprint density at radius 2 is 1.88 bits per heavy atom. The van der Waals surface area contributed by atoms with Crippen molar-refractivity contribution in [3.05, 3.63) is 35.9 Å². The Balaban J connectivity index is 1.45. The molecule has 2 fully saturated rings. The first-order valence-corrected chi connectivity index (χ1v) is 9.32. The van der Waals surface area contributed by atoms with E-state index < -0.39 is 0 Å². The van der Waals surface area contributed by atoms with Gasteiger partial charge in [0.25, 0.3) is 5.91 Å². The van der Waals surface area contributed by atoms with Crippen LogP contribution in [-0.4, -0.2) is 73.5 Å². The van der Waals surface area contributed by atoms with Gasteiger partial charge in [0, 0.05) is 44.8 Å². The van der Waals surface area contributed by atoms with Crippen molar-refractivity contribution in [3.63, 3.8) is 0 Å². The fourth-order valence-corrected chi connectivity index (χ4v) is 3.60. The lowest BCUT2D eigenvalue weighted by atomic mass is 10.1. The fourth-order valence-electron chi connectivity index (χ4n) is 3.60. The maximum atomic E-state index is 12.6. The number of carbonyl (C=O) groups is 2. The zero-order valence-electron chi connectivity index (χ0n) is 14.7. The van der Waals surface area contributed by atoms with E-state index in [1.54, 1.807) is 4.90 Å². The number of hydrogen-bond acceptors (Lipinski definition) is 4. The van der Waals surface area contributed by atoms with Crippen molar-refractivity contribution in [2.24, 2.45) is 0 Å². The van der Waals surface area contributed by atoms with E-state index in [1.165, 1.54) is 0 Å². The summed E-state index contributed by atoms with van der Waals surface area (Å²) in [5.74, 6) is -0.0545. The van der Waals surface area contributed by atoms with Gasteiger partial charge in [-0.3, -0.25) is 9.59 Å². The molecule has 6 heteroatoms. The quantitative estimate of drug-likeness (QED) is 0.746. The Morgan fingerprint density at radius 1 is 1.12 bits per heavy atom. The topological polar surface area (TPSA) is 64.7 Å². The number of nitrogens with zero attached hydrogens (tertiary/aromatic N) is 2. The molecule has 0 aromatic heterocycles. The van der Waals surface area contributed by atoms with Gasteiger partial charge in [0.2, 0.25) is 5.91 Å². The average Bonchev–Trinajstić information content (AvgIpc) is 3.16. The van der Waals surface area contributed by atoms with Crippen molar-refractivity contribution in [3.8, 4) is 0 Å². The van der Waals surface area contributed by atoms with E-state index in [2.05, 4.69) is 15.5 Å². The number of nitrogens with one attached hydrogen (secondary N) is 2. The number of carbonyl (C=O) groups excluding carboxylic acids is 2. The van der Waals surface area contributed by atoms with Crippen molar-refractivity contribution in [1.29, 1.82) is 0 Å². The lowest BCUT2D eigenvalue weighted by Gasteiger charge is -2.27. The molecule has 0 aliphatic carbocycles. The lowest BCUT2D eigenvalue weighted by molar-refractivity contribution is -0.124. The van der Waals surface area contributed by atoms with Gasteiger partial charge >= 0.3 is 0 Å². The van der Waals surface area contributed by atoms with Crippen LogP contribution in [-0.2, 0) is 4.79 Å². The summed E-state index contributed by atoms with van der Waals surface area (Å²) in [5.41, 5.74) is 0.654. The molecule has 2 N–H and O–H groups in total. The van der Waals surface area contributed by atoms with E-state index in [0.29, 0.717) is 18.7 Å². The summed E-state index contributed by atoms with van der Waals surface area (Å²) in [4.78, 5) is 29.3. The van der Waals surface area contributed by atoms with Gasteiger partial charge in [-0.15, -0.1) is 0 Å². The Labute approximate surface area is 149 Å². The third kappa shape index (κ3) is 4.80. The van der Waals surface area contributed by atoms with Crippen LogP contribution in [0, 0.1) is 0 Å². The zero-order chi connectivity index (χ0) is 17.5. The third-order valence-corrected chi connectivity index (χ3v) is 5.00. The zero-order valence-corrected chi connectivity index (χ0v) is 14.7. The van der Waals surface area contributed by atoms with Gasteiger partial charge in [-0.25, -0.2) is 0 Å². The van der Waals surface area contributed by atoms with Crippen LogP contribution in [0.15, 0.2) is 30.3 Å². The van der Waals surface area contributed by atoms with Gasteiger partial charge in [0.05, 0.1) is 0 Å². The Kier molecular flexibility index (Phi) is 6.42. The van der Waals surface area contributed by atoms with Crippen molar-refractivity contribution in [2.45, 2.75) is 25.3 Å². The molecule has 0 spiro atoms. The molecule has 2 amide bonds. The van der Waals surface area contributed by atoms with Crippen molar-refractivity contribution in [2.75, 3.05) is 45.8 Å². The van der Waals surface area contributed by atoms with E-state index in [4.69, 9.17) is 0 Å². The number of hydrogen-bond donors (Lipinski definition) is 2. The molecule has 0 bridgehead atoms. The first-order chi connectivity index (χ1) is 12.3. The van der Waals surface area contributed by atoms with Crippen LogP contribution in [0.2, 0.25) is 0 Å². The molecular formula is C19H28N4O2. The second kappa shape index (κ2) is 8.97. The highest BCUT2D eigenvalue weighted by atomic mass is 16.2. The first-order valence-electron chi connectivity index (χ1n) is 9.32. The van der Waals surface area contributed by atoms with Gasteiger partial charge in [-0.05, 0) is 37.9 Å². The maximum absolute atomic E-state index is 12.6. The predicted octanol–water partition coefficient (Wildman–Crippen LogP) is 0.703. The van der Waals surface area contributed by atoms with Gasteiger partial charge in [0.1, 0.15) is 6.04 Å². The highest BCUT2D eigenvalue weighted by Crippen LogP contribution is 2.20. The van der Waals surface area contributed by atoms with Crippen LogP contribution >= 0.6 is 0 Å². The molecule has 1 aromatic carbocycles. The van der Waals surface area contributed by atoms with Gasteiger partial charge < -0.3 is 20.4 Å². The molecule has 1 aromatic rings. The molecule has 2 saturated heterocycles. The summed E-state index contributed by atoms with van der Waals surface area (Å²) < 4.78 is 0. The van der Waals surface area contributed by atoms with Gasteiger partial charge in [0.15, 0.2) is 0 Å². The largest absolute Gasteiger partial charge is 0.354 e. The minimum absolute atomic E-state index is 0.0120. The van der Waals surface area contributed by atoms with E-state index in [-0.39, 0.29) is 17.9 Å². The normalized spacial score (nSPS) is 21.3. The summed E-state index contributed by atoms with van der Waals surface area (Å²) in [7, 11) is 0. The standard InChI is InChI=1S/C19H28N4O2/c24-18(21-9-5-12-22-14-10-20-11-15-22)17-8-4-13-23(17)19(25)16-6-2-1-3-7-16/h1-3,6-7,17,20H,4-5,8-15H2,(H,21,24). The molecule has 1 unspecified atom stereocenters. The third-order valence-electron chi connectivity index (χ3n) is 5.00. The molecule has 3 rings (SSSR count). The van der Waals surface area contributed by atoms with Crippen molar-refractivity contribution in [1.82, 2.24) is 20.4 Å². The summed E-state index contributed by atoms with van der Waals surface area (Å²) >= 11 is 0. The number of benzene rings is 1. The second-order valence-electron chi connectivity index (χ2n) is 6.76. The molecular weight excluding hydrogens is 316 g/mol. The molecule has 0 saturated carbocycles. The molecule has 6 nitrogen and oxygen atoms in total. The molecule has 2 aliphatic heterocycles. The van der Waals surface area contributed by atoms with Crippen LogP contribution in [0.4, 0.5) is 0 Å². The number of piperazine rings is 1. The number of likely N-dealkylation sites (tertiary alicyclic amines) is 1. The van der Waals surface area contributed by atoms with Crippen molar-refractivity contribution >= 4 is 11.8 Å². The Bertz CT molecular complexity index is 572. The van der Waals surface area contributed by atoms with E-state index in [9.17, 15) is 9.59 Å². The monoisotopic (exact) mass is 344 g/mol. The fraction of sp³-hybridized carbons (Fsp3) is 0.579. The van der Waals surface area contributed by atoms with E-state index in [0.717, 1.165) is 52.0 Å². The number of amides is 2. The second-order valence-corrected chi connectivity index (χ2v) is 6.76. The average molecular weight is 344 g/mol. The van der Waals surface area contributed by atoms with Gasteiger partial charge in [-0.1, -0.05) is 18.2 Å². The minimum Gasteiger partial charge on any atom is -0.354 e. The minimum atomic E-state index is -0.327. The van der Waals surface area contributed by atoms with Crippen LogP contribution in [0.3, 0.4) is 0 Å². The Morgan fingerprint density at radius 3 is 2.64 bits per heavy atom. The van der Waals surface area contributed by atoms with E-state index >= 15 is 0 Å². The number of rotatable bonds is 6. The predicted molar refractivity (Wildman–Crippen MR) is 97.4 cm³/mol. The van der Waals surface area contributed by atoms with Crippen LogP contribution < -0.4 is 10.6 Å². The highest BCUT2D eigenvalue weighted by Gasteiger charge is 2.34. The van der Waals surface area contributed by atoms with Gasteiger partial charge in [-0.2, -0.15) is 0 Å². The maximum Gasteiger partial charge on any atom is 0.254 e. The molecule has 2 heterocycles. The first kappa shape index (κ1) is 17.9. The molecule has 1 atom stereocenters. The molecule has 136 valence electrons. The summed E-state index contributed by atoms with van der Waals surface area (Å²) in [6, 6.07) is 8.89. The molecule has 0 radical (unpaired) electrons. The summed E-state index contributed by atoms with van der Waals surface area (Å²) in [6.45, 7) is 6.60. The van der Waals surface area contributed by atoms with Crippen LogP contribution in [0.5, 0.6) is 0 Å². The smallest absolute Gasteiger partial charge is 0.254 e. The van der Waals surface area contributed by atoms with Crippen LogP contribution in [0.25, 0.3) is 0 Å². The molecule has 25 heavy (non-hydrogen) atoms. The SMILES string of the molecule is O=C(NCCCN1CCNCC1)C1CCCN1C(=O)c1ccccc1. The molecule has 2 aliphatic rings. The summed E-state index contributed by atoms with van der Waals surface area (Å²) in [5, 5.41) is 6.37. The summed E-state index contributed by atoms with van der Waals surface area (Å²) in [6.07, 6.45) is 2.59. The van der Waals surface area contributed by atoms with E-state index in [1.807, 2.05) is 30.3 Å². The Hall–Kier alpha value is -1.92. The van der Waals surface area contributed by atoms with Crippen LogP contribution in [0.1, 0.15) is 29.6 Å². The lowest BCUT2D eigenvalue weighted by Crippen LogP contribution is -2.47. The van der Waals surface area contributed by atoms with Crippen molar-refractivity contribution < 1.29 is 9.59 Å². The highest BCUT2D eigenvalue weighted by molar-refractivity contribution is 5.97.